The molecule has 1 aliphatic rings. The van der Waals surface area contributed by atoms with E-state index < -0.39 is 11.8 Å². The number of hydrogen-bond donors (Lipinski definition) is 2. The number of benzene rings is 1. The number of primary amides is 1. The van der Waals surface area contributed by atoms with Crippen molar-refractivity contribution in [1.82, 2.24) is 0 Å². The van der Waals surface area contributed by atoms with Crippen molar-refractivity contribution < 1.29 is 14.0 Å². The number of nitrogens with two attached hydrogens (primary N) is 1. The summed E-state index contributed by atoms with van der Waals surface area (Å²) in [5, 5.41) is 3.94. The van der Waals surface area contributed by atoms with Crippen molar-refractivity contribution in [3.63, 3.8) is 0 Å². The Kier molecular flexibility index (Phi) is 5.71. The van der Waals surface area contributed by atoms with Crippen molar-refractivity contribution in [2.45, 2.75) is 40.0 Å². The second-order valence-electron chi connectivity index (χ2n) is 9.01. The molecule has 7 heteroatoms. The molecule has 4 rings (SSSR count). The van der Waals surface area contributed by atoms with Gasteiger partial charge in [0.2, 0.25) is 0 Å². The van der Waals surface area contributed by atoms with E-state index >= 15 is 0 Å². The van der Waals surface area contributed by atoms with E-state index in [1.165, 1.54) is 11.3 Å². The van der Waals surface area contributed by atoms with Gasteiger partial charge in [0.05, 0.1) is 5.56 Å². The molecule has 0 radical (unpaired) electrons. The van der Waals surface area contributed by atoms with Crippen LogP contribution >= 0.6 is 22.9 Å². The smallest absolute Gasteiger partial charge is 0.292 e. The molecule has 31 heavy (non-hydrogen) atoms. The molecule has 0 saturated heterocycles. The van der Waals surface area contributed by atoms with Crippen molar-refractivity contribution in [2.24, 2.45) is 17.1 Å². The fraction of sp³-hybridized carbons (Fsp3) is 0.333. The molecule has 0 aliphatic heterocycles. The number of halogens is 1. The summed E-state index contributed by atoms with van der Waals surface area (Å²) in [6.45, 7) is 6.72. The van der Waals surface area contributed by atoms with Crippen LogP contribution in [0.25, 0.3) is 11.3 Å². The number of carbonyl (C=O) groups is 2. The number of fused-ring (bicyclic) bond motifs is 1. The Balaban J connectivity index is 1.59. The predicted molar refractivity (Wildman–Crippen MR) is 125 cm³/mol. The highest BCUT2D eigenvalue weighted by Crippen LogP contribution is 2.44. The molecule has 0 spiro atoms. The minimum atomic E-state index is -0.513. The number of furan rings is 1. The minimum absolute atomic E-state index is 0.157. The Morgan fingerprint density at radius 3 is 2.68 bits per heavy atom. The lowest BCUT2D eigenvalue weighted by Crippen LogP contribution is -2.27. The molecule has 2 aromatic heterocycles. The summed E-state index contributed by atoms with van der Waals surface area (Å²) < 4.78 is 5.74. The van der Waals surface area contributed by atoms with Crippen LogP contribution in [0.1, 0.15) is 58.5 Å². The third-order valence-corrected chi connectivity index (χ3v) is 7.31. The molecule has 1 aromatic carbocycles. The number of nitrogens with one attached hydrogen (secondary N) is 1. The lowest BCUT2D eigenvalue weighted by atomic mass is 9.72. The van der Waals surface area contributed by atoms with Crippen molar-refractivity contribution in [3.05, 3.63) is 63.2 Å². The average molecular weight is 457 g/mol. The normalized spacial score (nSPS) is 16.1. The van der Waals surface area contributed by atoms with Crippen LogP contribution in [0.15, 0.2) is 40.8 Å². The Hall–Kier alpha value is -2.57. The maximum atomic E-state index is 12.9. The van der Waals surface area contributed by atoms with Crippen LogP contribution in [-0.2, 0) is 12.8 Å². The minimum Gasteiger partial charge on any atom is -0.451 e. The average Bonchev–Trinajstić information content (AvgIpc) is 3.31. The summed E-state index contributed by atoms with van der Waals surface area (Å²) in [5.74, 6) is 0.293. The van der Waals surface area contributed by atoms with E-state index in [4.69, 9.17) is 21.8 Å². The number of hydrogen-bond acceptors (Lipinski definition) is 4. The van der Waals surface area contributed by atoms with E-state index in [-0.39, 0.29) is 11.2 Å². The number of carbonyl (C=O) groups excluding carboxylic acids is 2. The van der Waals surface area contributed by atoms with Crippen molar-refractivity contribution in [3.8, 4) is 11.3 Å². The van der Waals surface area contributed by atoms with Crippen LogP contribution in [0.5, 0.6) is 0 Å². The summed E-state index contributed by atoms with van der Waals surface area (Å²) in [5.41, 5.74) is 8.07. The lowest BCUT2D eigenvalue weighted by molar-refractivity contribution is 0.0997. The number of anilines is 1. The first-order valence-corrected chi connectivity index (χ1v) is 11.4. The molecule has 3 N–H and O–H groups in total. The van der Waals surface area contributed by atoms with Gasteiger partial charge in [0.15, 0.2) is 5.76 Å². The Morgan fingerprint density at radius 2 is 2.00 bits per heavy atom. The van der Waals surface area contributed by atoms with Crippen molar-refractivity contribution >= 4 is 39.8 Å². The van der Waals surface area contributed by atoms with E-state index in [9.17, 15) is 9.59 Å². The zero-order chi connectivity index (χ0) is 22.3. The van der Waals surface area contributed by atoms with Crippen LogP contribution in [-0.4, -0.2) is 11.8 Å². The van der Waals surface area contributed by atoms with Crippen LogP contribution in [0, 0.1) is 11.3 Å². The van der Waals surface area contributed by atoms with E-state index in [0.29, 0.717) is 27.3 Å². The molecule has 162 valence electrons. The predicted octanol–water partition coefficient (Wildman–Crippen LogP) is 6.16. The van der Waals surface area contributed by atoms with Gasteiger partial charge in [-0.2, -0.15) is 0 Å². The van der Waals surface area contributed by atoms with Gasteiger partial charge >= 0.3 is 0 Å². The maximum Gasteiger partial charge on any atom is 0.292 e. The van der Waals surface area contributed by atoms with Gasteiger partial charge in [0.1, 0.15) is 10.8 Å². The topological polar surface area (TPSA) is 85.3 Å². The van der Waals surface area contributed by atoms with Crippen molar-refractivity contribution in [2.75, 3.05) is 5.32 Å². The van der Waals surface area contributed by atoms with Gasteiger partial charge in [-0.3, -0.25) is 9.59 Å². The second-order valence-corrected chi connectivity index (χ2v) is 10.5. The zero-order valence-electron chi connectivity index (χ0n) is 17.8. The molecule has 1 aliphatic carbocycles. The second kappa shape index (κ2) is 8.17. The highest BCUT2D eigenvalue weighted by Gasteiger charge is 2.33. The fourth-order valence-corrected chi connectivity index (χ4v) is 5.61. The summed E-state index contributed by atoms with van der Waals surface area (Å²) in [7, 11) is 0. The van der Waals surface area contributed by atoms with Crippen molar-refractivity contribution in [1.29, 1.82) is 0 Å². The first-order chi connectivity index (χ1) is 14.6. The lowest BCUT2D eigenvalue weighted by Gasteiger charge is -2.33. The molecule has 1 atom stereocenters. The summed E-state index contributed by atoms with van der Waals surface area (Å²) in [6.07, 6.45) is 2.68. The standard InChI is InChI=1S/C24H25ClN2O3S/c1-24(2,3)14-7-8-16-19(12-14)31-23(20(16)21(26)28)27-22(29)18-10-9-17(30-18)13-5-4-6-15(25)11-13/h4-6,9-11,14H,7-8,12H2,1-3H3,(H2,26,28)(H,27,29). The first kappa shape index (κ1) is 21.7. The molecule has 5 nitrogen and oxygen atoms in total. The molecule has 0 fully saturated rings. The Labute approximate surface area is 190 Å². The van der Waals surface area contributed by atoms with Gasteiger partial charge in [-0.15, -0.1) is 11.3 Å². The van der Waals surface area contributed by atoms with Gasteiger partial charge < -0.3 is 15.5 Å². The number of thiophene rings is 1. The van der Waals surface area contributed by atoms with Gasteiger partial charge in [-0.1, -0.05) is 44.5 Å². The number of amides is 2. The van der Waals surface area contributed by atoms with E-state index in [1.54, 1.807) is 24.3 Å². The third-order valence-electron chi connectivity index (χ3n) is 5.90. The third kappa shape index (κ3) is 4.41. The van der Waals surface area contributed by atoms with Gasteiger partial charge in [0.25, 0.3) is 11.8 Å². The summed E-state index contributed by atoms with van der Waals surface area (Å²) in [4.78, 5) is 26.2. The monoisotopic (exact) mass is 456 g/mol. The molecular weight excluding hydrogens is 432 g/mol. The Morgan fingerprint density at radius 1 is 1.23 bits per heavy atom. The maximum absolute atomic E-state index is 12.9. The first-order valence-electron chi connectivity index (χ1n) is 10.2. The number of rotatable bonds is 4. The SMILES string of the molecule is CC(C)(C)C1CCc2c(sc(NC(=O)c3ccc(-c4cccc(Cl)c4)o3)c2C(N)=O)C1. The fourth-order valence-electron chi connectivity index (χ4n) is 4.10. The van der Waals surface area contributed by atoms with E-state index in [2.05, 4.69) is 26.1 Å². The van der Waals surface area contributed by atoms with Crippen LogP contribution in [0.2, 0.25) is 5.02 Å². The van der Waals surface area contributed by atoms with Crippen LogP contribution in [0.3, 0.4) is 0 Å². The highest BCUT2D eigenvalue weighted by molar-refractivity contribution is 7.17. The molecular formula is C24H25ClN2O3S. The largest absolute Gasteiger partial charge is 0.451 e. The molecule has 2 heterocycles. The quantitative estimate of drug-likeness (QED) is 0.492. The highest BCUT2D eigenvalue weighted by atomic mass is 35.5. The van der Waals surface area contributed by atoms with Crippen LogP contribution in [0.4, 0.5) is 5.00 Å². The molecule has 2 amide bonds. The molecule has 0 bridgehead atoms. The van der Waals surface area contributed by atoms with Gasteiger partial charge in [-0.25, -0.2) is 0 Å². The zero-order valence-corrected chi connectivity index (χ0v) is 19.3. The molecule has 3 aromatic rings. The van der Waals surface area contributed by atoms with Gasteiger partial charge in [0, 0.05) is 15.5 Å². The summed E-state index contributed by atoms with van der Waals surface area (Å²) in [6, 6.07) is 10.6. The van der Waals surface area contributed by atoms with Crippen LogP contribution < -0.4 is 11.1 Å². The molecule has 0 saturated carbocycles. The summed E-state index contributed by atoms with van der Waals surface area (Å²) >= 11 is 7.49. The van der Waals surface area contributed by atoms with E-state index in [1.807, 2.05) is 12.1 Å². The molecule has 1 unspecified atom stereocenters. The van der Waals surface area contributed by atoms with E-state index in [0.717, 1.165) is 35.3 Å². The Bertz CT molecular complexity index is 1160. The van der Waals surface area contributed by atoms with Gasteiger partial charge in [-0.05, 0) is 60.4 Å².